The molecule has 1 aromatic heterocycles. The fourth-order valence-corrected chi connectivity index (χ4v) is 2.78. The molecule has 1 heterocycles. The van der Waals surface area contributed by atoms with E-state index in [0.717, 1.165) is 17.7 Å². The number of rotatable bonds is 6. The number of benzene rings is 2. The van der Waals surface area contributed by atoms with Gasteiger partial charge < -0.3 is 5.32 Å². The molecule has 1 N–H and O–H groups in total. The van der Waals surface area contributed by atoms with E-state index in [1.165, 1.54) is 11.0 Å². The van der Waals surface area contributed by atoms with Crippen LogP contribution in [0, 0.1) is 11.6 Å². The maximum Gasteiger partial charge on any atom is 0.259 e. The molecule has 3 aromatic rings. The zero-order chi connectivity index (χ0) is 20.1. The SMILES string of the molecule is CCN(C(=O)c1ccc(F)c(F)c1)c1ccnc(N[C@@H](C)c2ccccc2)n1. The van der Waals surface area contributed by atoms with Gasteiger partial charge in [0.1, 0.15) is 5.82 Å². The number of aromatic nitrogens is 2. The number of halogens is 2. The molecule has 0 unspecified atom stereocenters. The first-order chi connectivity index (χ1) is 13.5. The van der Waals surface area contributed by atoms with Crippen LogP contribution >= 0.6 is 0 Å². The van der Waals surface area contributed by atoms with Crippen molar-refractivity contribution in [2.24, 2.45) is 0 Å². The Morgan fingerprint density at radius 3 is 2.54 bits per heavy atom. The van der Waals surface area contributed by atoms with Crippen molar-refractivity contribution in [2.45, 2.75) is 19.9 Å². The zero-order valence-electron chi connectivity index (χ0n) is 15.6. The van der Waals surface area contributed by atoms with Crippen molar-refractivity contribution in [3.05, 3.63) is 83.6 Å². The average Bonchev–Trinajstić information content (AvgIpc) is 2.71. The van der Waals surface area contributed by atoms with E-state index in [9.17, 15) is 13.6 Å². The quantitative estimate of drug-likeness (QED) is 0.677. The first-order valence-corrected chi connectivity index (χ1v) is 8.91. The van der Waals surface area contributed by atoms with Gasteiger partial charge in [-0.1, -0.05) is 30.3 Å². The molecular weight excluding hydrogens is 362 g/mol. The van der Waals surface area contributed by atoms with Gasteiger partial charge in [-0.2, -0.15) is 4.98 Å². The highest BCUT2D eigenvalue weighted by molar-refractivity contribution is 6.05. The molecule has 7 heteroatoms. The minimum Gasteiger partial charge on any atom is -0.348 e. The largest absolute Gasteiger partial charge is 0.348 e. The molecule has 1 atom stereocenters. The summed E-state index contributed by atoms with van der Waals surface area (Å²) < 4.78 is 26.7. The van der Waals surface area contributed by atoms with Gasteiger partial charge in [0.15, 0.2) is 11.6 Å². The summed E-state index contributed by atoms with van der Waals surface area (Å²) in [6, 6.07) is 14.5. The van der Waals surface area contributed by atoms with Crippen molar-refractivity contribution >= 4 is 17.7 Å². The Labute approximate surface area is 162 Å². The predicted octanol–water partition coefficient (Wildman–Crippen LogP) is 4.59. The van der Waals surface area contributed by atoms with E-state index in [1.54, 1.807) is 19.2 Å². The second kappa shape index (κ2) is 8.56. The molecule has 3 rings (SSSR count). The lowest BCUT2D eigenvalue weighted by Crippen LogP contribution is -2.31. The highest BCUT2D eigenvalue weighted by atomic mass is 19.2. The molecule has 0 fully saturated rings. The highest BCUT2D eigenvalue weighted by Gasteiger charge is 2.19. The number of anilines is 2. The molecule has 2 aromatic carbocycles. The fourth-order valence-electron chi connectivity index (χ4n) is 2.78. The molecule has 5 nitrogen and oxygen atoms in total. The summed E-state index contributed by atoms with van der Waals surface area (Å²) in [7, 11) is 0. The molecule has 0 saturated carbocycles. The van der Waals surface area contributed by atoms with Gasteiger partial charge in [0.2, 0.25) is 5.95 Å². The number of hydrogen-bond donors (Lipinski definition) is 1. The fraction of sp³-hybridized carbons (Fsp3) is 0.190. The maximum absolute atomic E-state index is 13.5. The van der Waals surface area contributed by atoms with Crippen LogP contribution in [-0.4, -0.2) is 22.4 Å². The van der Waals surface area contributed by atoms with E-state index in [4.69, 9.17) is 0 Å². The van der Waals surface area contributed by atoms with Gasteiger partial charge in [-0.25, -0.2) is 13.8 Å². The molecule has 0 aliphatic rings. The van der Waals surface area contributed by atoms with Crippen LogP contribution in [0.2, 0.25) is 0 Å². The average molecular weight is 382 g/mol. The van der Waals surface area contributed by atoms with E-state index < -0.39 is 17.5 Å². The van der Waals surface area contributed by atoms with Crippen LogP contribution in [0.4, 0.5) is 20.5 Å². The van der Waals surface area contributed by atoms with Crippen LogP contribution < -0.4 is 10.2 Å². The van der Waals surface area contributed by atoms with Crippen molar-refractivity contribution in [3.8, 4) is 0 Å². The number of carbonyl (C=O) groups excluding carboxylic acids is 1. The van der Waals surface area contributed by atoms with Crippen LogP contribution in [0.1, 0.15) is 35.8 Å². The predicted molar refractivity (Wildman–Crippen MR) is 104 cm³/mol. The van der Waals surface area contributed by atoms with Gasteiger partial charge in [-0.3, -0.25) is 9.69 Å². The lowest BCUT2D eigenvalue weighted by atomic mass is 10.1. The summed E-state index contributed by atoms with van der Waals surface area (Å²) >= 11 is 0. The molecule has 0 spiro atoms. The number of amides is 1. The zero-order valence-corrected chi connectivity index (χ0v) is 15.6. The second-order valence-electron chi connectivity index (χ2n) is 6.19. The van der Waals surface area contributed by atoms with Crippen LogP contribution in [-0.2, 0) is 0 Å². The van der Waals surface area contributed by atoms with Crippen LogP contribution in [0.3, 0.4) is 0 Å². The van der Waals surface area contributed by atoms with E-state index in [1.807, 2.05) is 37.3 Å². The lowest BCUT2D eigenvalue weighted by molar-refractivity contribution is 0.0987. The Morgan fingerprint density at radius 2 is 1.86 bits per heavy atom. The minimum atomic E-state index is -1.07. The van der Waals surface area contributed by atoms with E-state index in [-0.39, 0.29) is 11.6 Å². The summed E-state index contributed by atoms with van der Waals surface area (Å²) in [6.45, 7) is 4.07. The van der Waals surface area contributed by atoms with Gasteiger partial charge in [0.05, 0.1) is 6.04 Å². The van der Waals surface area contributed by atoms with E-state index in [2.05, 4.69) is 15.3 Å². The van der Waals surface area contributed by atoms with Crippen molar-refractivity contribution in [2.75, 3.05) is 16.8 Å². The number of hydrogen-bond acceptors (Lipinski definition) is 4. The summed E-state index contributed by atoms with van der Waals surface area (Å²) in [5.41, 5.74) is 1.12. The Bertz CT molecular complexity index is 966. The van der Waals surface area contributed by atoms with Crippen molar-refractivity contribution in [3.63, 3.8) is 0 Å². The highest BCUT2D eigenvalue weighted by Crippen LogP contribution is 2.20. The molecule has 0 bridgehead atoms. The first kappa shape index (κ1) is 19.4. The molecule has 0 radical (unpaired) electrons. The number of nitrogens with one attached hydrogen (secondary N) is 1. The van der Waals surface area contributed by atoms with Gasteiger partial charge >= 0.3 is 0 Å². The minimum absolute atomic E-state index is 0.0339. The van der Waals surface area contributed by atoms with Gasteiger partial charge in [0.25, 0.3) is 5.91 Å². The summed E-state index contributed by atoms with van der Waals surface area (Å²) in [6.07, 6.45) is 1.55. The van der Waals surface area contributed by atoms with Crippen LogP contribution in [0.15, 0.2) is 60.8 Å². The Kier molecular flexibility index (Phi) is 5.93. The Morgan fingerprint density at radius 1 is 1.11 bits per heavy atom. The molecular formula is C21H20F2N4O. The maximum atomic E-state index is 13.5. The summed E-state index contributed by atoms with van der Waals surface area (Å²) in [5, 5.41) is 3.20. The summed E-state index contributed by atoms with van der Waals surface area (Å²) in [5.74, 6) is -1.80. The van der Waals surface area contributed by atoms with Gasteiger partial charge in [-0.15, -0.1) is 0 Å². The molecule has 0 aliphatic carbocycles. The summed E-state index contributed by atoms with van der Waals surface area (Å²) in [4.78, 5) is 22.8. The third kappa shape index (κ3) is 4.31. The number of nitrogens with zero attached hydrogens (tertiary/aromatic N) is 3. The Hall–Kier alpha value is -3.35. The van der Waals surface area contributed by atoms with E-state index in [0.29, 0.717) is 18.3 Å². The van der Waals surface area contributed by atoms with Crippen LogP contribution in [0.5, 0.6) is 0 Å². The second-order valence-corrected chi connectivity index (χ2v) is 6.19. The smallest absolute Gasteiger partial charge is 0.259 e. The van der Waals surface area contributed by atoms with E-state index >= 15 is 0 Å². The topological polar surface area (TPSA) is 58.1 Å². The number of carbonyl (C=O) groups is 1. The monoisotopic (exact) mass is 382 g/mol. The standard InChI is InChI=1S/C21H20F2N4O/c1-3-27(20(28)16-9-10-17(22)18(23)13-16)19-11-12-24-21(26-19)25-14(2)15-7-5-4-6-8-15/h4-14H,3H2,1-2H3,(H,24,25,26)/t14-/m0/s1. The molecule has 144 valence electrons. The molecule has 28 heavy (non-hydrogen) atoms. The lowest BCUT2D eigenvalue weighted by Gasteiger charge is -2.21. The molecule has 0 saturated heterocycles. The van der Waals surface area contributed by atoms with Gasteiger partial charge in [-0.05, 0) is 43.7 Å². The van der Waals surface area contributed by atoms with Crippen molar-refractivity contribution < 1.29 is 13.6 Å². The first-order valence-electron chi connectivity index (χ1n) is 8.91. The van der Waals surface area contributed by atoms with Crippen molar-refractivity contribution in [1.82, 2.24) is 9.97 Å². The van der Waals surface area contributed by atoms with Gasteiger partial charge in [0, 0.05) is 18.3 Å². The normalized spacial score (nSPS) is 11.7. The Balaban J connectivity index is 1.82. The third-order valence-electron chi connectivity index (χ3n) is 4.29. The van der Waals surface area contributed by atoms with Crippen LogP contribution in [0.25, 0.3) is 0 Å². The third-order valence-corrected chi connectivity index (χ3v) is 4.29. The van der Waals surface area contributed by atoms with Crippen molar-refractivity contribution in [1.29, 1.82) is 0 Å². The molecule has 0 aliphatic heterocycles. The molecule has 1 amide bonds.